The van der Waals surface area contributed by atoms with Gasteiger partial charge in [0.2, 0.25) is 0 Å². The second-order valence-electron chi connectivity index (χ2n) is 4.59. The first-order valence-corrected chi connectivity index (χ1v) is 7.20. The molecule has 0 saturated heterocycles. The predicted octanol–water partition coefficient (Wildman–Crippen LogP) is 4.63. The summed E-state index contributed by atoms with van der Waals surface area (Å²) in [5.74, 6) is 1.14. The Labute approximate surface area is 134 Å². The maximum absolute atomic E-state index is 9.58. The van der Waals surface area contributed by atoms with Crippen LogP contribution >= 0.6 is 23.2 Å². The highest BCUT2D eigenvalue weighted by Crippen LogP contribution is 2.32. The van der Waals surface area contributed by atoms with Gasteiger partial charge in [-0.2, -0.15) is 0 Å². The van der Waals surface area contributed by atoms with Gasteiger partial charge < -0.3 is 14.6 Å². The number of hydrogen-bond donors (Lipinski definition) is 1. The summed E-state index contributed by atoms with van der Waals surface area (Å²) in [5, 5.41) is 10.6. The van der Waals surface area contributed by atoms with Crippen LogP contribution in [0.15, 0.2) is 36.4 Å². The zero-order chi connectivity index (χ0) is 15.4. The lowest BCUT2D eigenvalue weighted by atomic mass is 10.1. The van der Waals surface area contributed by atoms with Crippen molar-refractivity contribution in [3.05, 3.63) is 57.6 Å². The van der Waals surface area contributed by atoms with Crippen molar-refractivity contribution in [1.29, 1.82) is 0 Å². The minimum absolute atomic E-state index is 0.282. The number of aliphatic hydroxyl groups is 1. The lowest BCUT2D eigenvalue weighted by molar-refractivity contribution is 0.198. The molecule has 0 spiro atoms. The topological polar surface area (TPSA) is 38.7 Å². The van der Waals surface area contributed by atoms with Crippen molar-refractivity contribution in [3.8, 4) is 11.5 Å². The van der Waals surface area contributed by atoms with Crippen LogP contribution in [0.5, 0.6) is 11.5 Å². The summed E-state index contributed by atoms with van der Waals surface area (Å²) in [5.41, 5.74) is 1.56. The normalized spacial score (nSPS) is 12.0. The molecule has 2 aromatic carbocycles. The maximum atomic E-state index is 9.58. The van der Waals surface area contributed by atoms with E-state index >= 15 is 0 Å². The Morgan fingerprint density at radius 1 is 1.14 bits per heavy atom. The molecule has 1 unspecified atom stereocenters. The van der Waals surface area contributed by atoms with Gasteiger partial charge in [0.25, 0.3) is 0 Å². The van der Waals surface area contributed by atoms with Crippen LogP contribution in [0.1, 0.15) is 24.2 Å². The molecule has 1 N–H and O–H groups in total. The lowest BCUT2D eigenvalue weighted by Crippen LogP contribution is -2.00. The van der Waals surface area contributed by atoms with Gasteiger partial charge in [0, 0.05) is 5.56 Å². The third-order valence-electron chi connectivity index (χ3n) is 3.08. The molecule has 0 bridgehead atoms. The van der Waals surface area contributed by atoms with Crippen LogP contribution in [0, 0.1) is 0 Å². The third-order valence-corrected chi connectivity index (χ3v) is 3.94. The molecule has 0 amide bonds. The molecule has 0 aliphatic rings. The second kappa shape index (κ2) is 7.03. The fourth-order valence-corrected chi connectivity index (χ4v) is 2.25. The Bertz CT molecular complexity index is 627. The summed E-state index contributed by atoms with van der Waals surface area (Å²) in [6.07, 6.45) is -0.560. The van der Waals surface area contributed by atoms with Gasteiger partial charge in [0.05, 0.1) is 23.3 Å². The Hall–Kier alpha value is -1.42. The van der Waals surface area contributed by atoms with Crippen molar-refractivity contribution in [2.75, 3.05) is 7.11 Å². The van der Waals surface area contributed by atoms with Crippen LogP contribution in [0.3, 0.4) is 0 Å². The Morgan fingerprint density at radius 3 is 2.57 bits per heavy atom. The summed E-state index contributed by atoms with van der Waals surface area (Å²) in [4.78, 5) is 0. The molecule has 0 heterocycles. The molecule has 0 aromatic heterocycles. The molecular weight excluding hydrogens is 311 g/mol. The molecule has 0 radical (unpaired) electrons. The van der Waals surface area contributed by atoms with Gasteiger partial charge in [0.1, 0.15) is 6.61 Å². The SMILES string of the molecule is COc1cc(C(C)O)ccc1OCc1cccc(Cl)c1Cl. The summed E-state index contributed by atoms with van der Waals surface area (Å²) in [6.45, 7) is 1.98. The van der Waals surface area contributed by atoms with Crippen molar-refractivity contribution in [2.24, 2.45) is 0 Å². The van der Waals surface area contributed by atoms with Gasteiger partial charge in [-0.1, -0.05) is 41.4 Å². The highest BCUT2D eigenvalue weighted by atomic mass is 35.5. The Balaban J connectivity index is 2.18. The van der Waals surface area contributed by atoms with E-state index < -0.39 is 6.10 Å². The average molecular weight is 327 g/mol. The molecule has 0 aliphatic carbocycles. The van der Waals surface area contributed by atoms with Gasteiger partial charge in [-0.25, -0.2) is 0 Å². The molecule has 0 fully saturated rings. The van der Waals surface area contributed by atoms with Gasteiger partial charge >= 0.3 is 0 Å². The number of rotatable bonds is 5. The monoisotopic (exact) mass is 326 g/mol. The molecule has 112 valence electrons. The van der Waals surface area contributed by atoms with Crippen molar-refractivity contribution in [2.45, 2.75) is 19.6 Å². The smallest absolute Gasteiger partial charge is 0.161 e. The molecule has 1 atom stereocenters. The first kappa shape index (κ1) is 16.0. The average Bonchev–Trinajstić information content (AvgIpc) is 2.48. The highest BCUT2D eigenvalue weighted by Gasteiger charge is 2.10. The zero-order valence-electron chi connectivity index (χ0n) is 11.8. The molecule has 3 nitrogen and oxygen atoms in total. The molecule has 0 saturated carbocycles. The molecule has 2 aromatic rings. The molecule has 2 rings (SSSR count). The fraction of sp³-hybridized carbons (Fsp3) is 0.250. The first-order valence-electron chi connectivity index (χ1n) is 6.44. The fourth-order valence-electron chi connectivity index (χ4n) is 1.88. The first-order chi connectivity index (χ1) is 10.0. The maximum Gasteiger partial charge on any atom is 0.161 e. The number of methoxy groups -OCH3 is 1. The quantitative estimate of drug-likeness (QED) is 0.870. The number of aliphatic hydroxyl groups excluding tert-OH is 1. The Morgan fingerprint density at radius 2 is 1.90 bits per heavy atom. The minimum atomic E-state index is -0.560. The number of hydrogen-bond acceptors (Lipinski definition) is 3. The van der Waals surface area contributed by atoms with E-state index in [-0.39, 0.29) is 6.61 Å². The lowest BCUT2D eigenvalue weighted by Gasteiger charge is -2.14. The van der Waals surface area contributed by atoms with E-state index in [1.165, 1.54) is 0 Å². The molecule has 5 heteroatoms. The number of benzene rings is 2. The molecular formula is C16H16Cl2O3. The van der Waals surface area contributed by atoms with Gasteiger partial charge in [-0.3, -0.25) is 0 Å². The van der Waals surface area contributed by atoms with Crippen LogP contribution < -0.4 is 9.47 Å². The van der Waals surface area contributed by atoms with E-state index in [0.717, 1.165) is 11.1 Å². The second-order valence-corrected chi connectivity index (χ2v) is 5.37. The number of ether oxygens (including phenoxy) is 2. The van der Waals surface area contributed by atoms with E-state index in [1.54, 1.807) is 38.3 Å². The molecule has 21 heavy (non-hydrogen) atoms. The minimum Gasteiger partial charge on any atom is -0.493 e. The van der Waals surface area contributed by atoms with Crippen molar-refractivity contribution in [1.82, 2.24) is 0 Å². The van der Waals surface area contributed by atoms with Gasteiger partial charge in [-0.05, 0) is 30.7 Å². The van der Waals surface area contributed by atoms with E-state index in [2.05, 4.69) is 0 Å². The van der Waals surface area contributed by atoms with Crippen molar-refractivity contribution in [3.63, 3.8) is 0 Å². The third kappa shape index (κ3) is 3.82. The molecule has 0 aliphatic heterocycles. The summed E-state index contributed by atoms with van der Waals surface area (Å²) >= 11 is 12.1. The van der Waals surface area contributed by atoms with Crippen LogP contribution in [-0.2, 0) is 6.61 Å². The largest absolute Gasteiger partial charge is 0.493 e. The highest BCUT2D eigenvalue weighted by molar-refractivity contribution is 6.42. The van der Waals surface area contributed by atoms with E-state index in [4.69, 9.17) is 32.7 Å². The van der Waals surface area contributed by atoms with Crippen LogP contribution in [0.2, 0.25) is 10.0 Å². The summed E-state index contributed by atoms with van der Waals surface area (Å²) < 4.78 is 11.0. The summed E-state index contributed by atoms with van der Waals surface area (Å²) in [7, 11) is 1.56. The van der Waals surface area contributed by atoms with E-state index in [9.17, 15) is 5.11 Å². The number of halogens is 2. The van der Waals surface area contributed by atoms with Gasteiger partial charge in [-0.15, -0.1) is 0 Å². The van der Waals surface area contributed by atoms with Crippen molar-refractivity contribution < 1.29 is 14.6 Å². The predicted molar refractivity (Wildman–Crippen MR) is 84.4 cm³/mol. The Kier molecular flexibility index (Phi) is 5.34. The van der Waals surface area contributed by atoms with E-state index in [0.29, 0.717) is 21.5 Å². The van der Waals surface area contributed by atoms with Crippen LogP contribution in [-0.4, -0.2) is 12.2 Å². The zero-order valence-corrected chi connectivity index (χ0v) is 13.3. The van der Waals surface area contributed by atoms with Crippen molar-refractivity contribution >= 4 is 23.2 Å². The summed E-state index contributed by atoms with van der Waals surface area (Å²) in [6, 6.07) is 10.7. The van der Waals surface area contributed by atoms with Crippen LogP contribution in [0.25, 0.3) is 0 Å². The standard InChI is InChI=1S/C16H16Cl2O3/c1-10(19)11-6-7-14(15(8-11)20-2)21-9-12-4-3-5-13(17)16(12)18/h3-8,10,19H,9H2,1-2H3. The van der Waals surface area contributed by atoms with E-state index in [1.807, 2.05) is 12.1 Å². The van der Waals surface area contributed by atoms with Crippen LogP contribution in [0.4, 0.5) is 0 Å². The van der Waals surface area contributed by atoms with Gasteiger partial charge in [0.15, 0.2) is 11.5 Å².